The maximum atomic E-state index is 12.4. The Morgan fingerprint density at radius 2 is 2.04 bits per heavy atom. The lowest BCUT2D eigenvalue weighted by molar-refractivity contribution is -0.118. The molecule has 0 radical (unpaired) electrons. The molecular weight excluding hydrogens is 358 g/mol. The van der Waals surface area contributed by atoms with Crippen LogP contribution in [0.3, 0.4) is 0 Å². The summed E-state index contributed by atoms with van der Waals surface area (Å²) in [5, 5.41) is 6.42. The van der Waals surface area contributed by atoms with Gasteiger partial charge in [0.15, 0.2) is 12.4 Å². The molecule has 2 heterocycles. The van der Waals surface area contributed by atoms with E-state index in [1.807, 2.05) is 31.2 Å². The Morgan fingerprint density at radius 3 is 2.89 bits per heavy atom. The van der Waals surface area contributed by atoms with Crippen molar-refractivity contribution >= 4 is 34.1 Å². The maximum absolute atomic E-state index is 12.4. The monoisotopic (exact) mass is 377 g/mol. The van der Waals surface area contributed by atoms with Crippen molar-refractivity contribution in [1.29, 1.82) is 0 Å². The van der Waals surface area contributed by atoms with Gasteiger partial charge in [-0.25, -0.2) is 0 Å². The average molecular weight is 377 g/mol. The Bertz CT molecular complexity index is 1150. The van der Waals surface area contributed by atoms with Crippen LogP contribution in [0.15, 0.2) is 47.3 Å². The van der Waals surface area contributed by atoms with Crippen LogP contribution in [-0.2, 0) is 16.0 Å². The number of aromatic amines is 1. The molecule has 28 heavy (non-hydrogen) atoms. The topological polar surface area (TPSA) is 100 Å². The highest BCUT2D eigenvalue weighted by molar-refractivity contribution is 6.00. The first-order valence-electron chi connectivity index (χ1n) is 8.98. The second-order valence-electron chi connectivity index (χ2n) is 6.78. The molecule has 1 aromatic heterocycles. The van der Waals surface area contributed by atoms with Crippen LogP contribution in [-0.4, -0.2) is 23.4 Å². The van der Waals surface area contributed by atoms with E-state index >= 15 is 0 Å². The zero-order valence-electron chi connectivity index (χ0n) is 15.3. The van der Waals surface area contributed by atoms with E-state index < -0.39 is 0 Å². The molecule has 3 N–H and O–H groups in total. The van der Waals surface area contributed by atoms with Crippen LogP contribution in [0.25, 0.3) is 10.9 Å². The molecule has 2 amide bonds. The van der Waals surface area contributed by atoms with E-state index in [9.17, 15) is 14.4 Å². The first-order chi connectivity index (χ1) is 13.5. The van der Waals surface area contributed by atoms with Crippen LogP contribution in [0.4, 0.5) is 11.4 Å². The normalized spacial score (nSPS) is 12.8. The third kappa shape index (κ3) is 3.59. The Hall–Kier alpha value is -3.61. The summed E-state index contributed by atoms with van der Waals surface area (Å²) in [4.78, 5) is 39.0. The van der Waals surface area contributed by atoms with Gasteiger partial charge in [-0.1, -0.05) is 18.2 Å². The molecule has 7 nitrogen and oxygen atoms in total. The number of carbonyl (C=O) groups excluding carboxylic acids is 2. The van der Waals surface area contributed by atoms with Crippen molar-refractivity contribution in [2.45, 2.75) is 19.8 Å². The molecule has 7 heteroatoms. The summed E-state index contributed by atoms with van der Waals surface area (Å²) in [6, 6.07) is 12.8. The molecule has 0 aliphatic carbocycles. The summed E-state index contributed by atoms with van der Waals surface area (Å²) in [5.74, 6) is -0.0339. The number of nitrogens with one attached hydrogen (secondary N) is 3. The van der Waals surface area contributed by atoms with E-state index in [0.717, 1.165) is 16.5 Å². The zero-order chi connectivity index (χ0) is 19.7. The van der Waals surface area contributed by atoms with Gasteiger partial charge < -0.3 is 20.4 Å². The summed E-state index contributed by atoms with van der Waals surface area (Å²) >= 11 is 0. The summed E-state index contributed by atoms with van der Waals surface area (Å²) in [6.07, 6.45) is 0.466. The molecule has 0 bridgehead atoms. The number of rotatable bonds is 4. The van der Waals surface area contributed by atoms with Crippen molar-refractivity contribution in [3.8, 4) is 5.75 Å². The van der Waals surface area contributed by atoms with Crippen LogP contribution >= 0.6 is 0 Å². The minimum atomic E-state index is -0.239. The summed E-state index contributed by atoms with van der Waals surface area (Å²) < 4.78 is 5.43. The second-order valence-corrected chi connectivity index (χ2v) is 6.78. The fraction of sp³-hybridized carbons (Fsp3) is 0.190. The Kier molecular flexibility index (Phi) is 4.57. The third-order valence-electron chi connectivity index (χ3n) is 4.61. The van der Waals surface area contributed by atoms with Gasteiger partial charge in [0.25, 0.3) is 11.5 Å². The Balaban J connectivity index is 1.47. The molecule has 0 unspecified atom stereocenters. The molecule has 0 atom stereocenters. The SMILES string of the molecule is Cc1ccc2cc(CCC(=O)Nc3cccc4c3OCC(=O)N4)c(=O)[nH]c2c1. The van der Waals surface area contributed by atoms with E-state index in [4.69, 9.17) is 4.74 Å². The third-order valence-corrected chi connectivity index (χ3v) is 4.61. The molecule has 0 spiro atoms. The number of carbonyl (C=O) groups is 2. The number of aromatic nitrogens is 1. The predicted octanol–water partition coefficient (Wildman–Crippen LogP) is 2.74. The number of ether oxygens (including phenoxy) is 1. The van der Waals surface area contributed by atoms with E-state index in [0.29, 0.717) is 29.1 Å². The quantitative estimate of drug-likeness (QED) is 0.651. The lowest BCUT2D eigenvalue weighted by atomic mass is 10.1. The molecular formula is C21H19N3O4. The van der Waals surface area contributed by atoms with Crippen molar-refractivity contribution in [2.75, 3.05) is 17.2 Å². The number of hydrogen-bond donors (Lipinski definition) is 3. The van der Waals surface area contributed by atoms with Crippen LogP contribution < -0.4 is 20.9 Å². The number of H-pyrrole nitrogens is 1. The van der Waals surface area contributed by atoms with Crippen molar-refractivity contribution in [2.24, 2.45) is 0 Å². The second kappa shape index (κ2) is 7.19. The number of aryl methyl sites for hydroxylation is 2. The lowest BCUT2D eigenvalue weighted by Crippen LogP contribution is -2.26. The minimum Gasteiger partial charge on any atom is -0.479 e. The van der Waals surface area contributed by atoms with Crippen LogP contribution in [0, 0.1) is 6.92 Å². The fourth-order valence-electron chi connectivity index (χ4n) is 3.22. The van der Waals surface area contributed by atoms with Gasteiger partial charge in [-0.2, -0.15) is 0 Å². The summed E-state index contributed by atoms with van der Waals surface area (Å²) in [6.45, 7) is 1.87. The first kappa shape index (κ1) is 17.8. The number of benzene rings is 2. The molecule has 142 valence electrons. The van der Waals surface area contributed by atoms with Crippen molar-refractivity contribution in [3.63, 3.8) is 0 Å². The number of para-hydroxylation sites is 1. The van der Waals surface area contributed by atoms with Crippen molar-refractivity contribution in [3.05, 3.63) is 63.9 Å². The van der Waals surface area contributed by atoms with Crippen LogP contribution in [0.5, 0.6) is 5.75 Å². The molecule has 4 rings (SSSR count). The van der Waals surface area contributed by atoms with Crippen molar-refractivity contribution < 1.29 is 14.3 Å². The van der Waals surface area contributed by atoms with E-state index in [-0.39, 0.29) is 30.4 Å². The van der Waals surface area contributed by atoms with Crippen LogP contribution in [0.2, 0.25) is 0 Å². The minimum absolute atomic E-state index is 0.0914. The summed E-state index contributed by atoms with van der Waals surface area (Å²) in [7, 11) is 0. The molecule has 0 fully saturated rings. The van der Waals surface area contributed by atoms with Gasteiger partial charge in [-0.15, -0.1) is 0 Å². The molecule has 0 saturated carbocycles. The highest BCUT2D eigenvalue weighted by atomic mass is 16.5. The Labute approximate surface area is 160 Å². The average Bonchev–Trinajstić information content (AvgIpc) is 2.66. The van der Waals surface area contributed by atoms with E-state index in [1.165, 1.54) is 0 Å². The van der Waals surface area contributed by atoms with Gasteiger partial charge >= 0.3 is 0 Å². The fourth-order valence-corrected chi connectivity index (χ4v) is 3.22. The molecule has 3 aromatic rings. The Morgan fingerprint density at radius 1 is 1.18 bits per heavy atom. The first-order valence-corrected chi connectivity index (χ1v) is 8.98. The number of hydrogen-bond acceptors (Lipinski definition) is 4. The molecule has 1 aliphatic heterocycles. The van der Waals surface area contributed by atoms with Gasteiger partial charge in [0.2, 0.25) is 5.91 Å². The standard InChI is InChI=1S/C21H19N3O4/c1-12-5-6-13-10-14(21(27)24-17(13)9-12)7-8-18(25)22-15-3-2-4-16-20(15)28-11-19(26)23-16/h2-6,9-10H,7-8,11H2,1H3,(H,22,25)(H,23,26)(H,24,27). The molecule has 1 aliphatic rings. The van der Waals surface area contributed by atoms with Gasteiger partial charge in [-0.3, -0.25) is 14.4 Å². The maximum Gasteiger partial charge on any atom is 0.262 e. The number of fused-ring (bicyclic) bond motifs is 2. The number of pyridine rings is 1. The smallest absolute Gasteiger partial charge is 0.262 e. The zero-order valence-corrected chi connectivity index (χ0v) is 15.3. The highest BCUT2D eigenvalue weighted by Gasteiger charge is 2.20. The van der Waals surface area contributed by atoms with Gasteiger partial charge in [0.05, 0.1) is 11.4 Å². The van der Waals surface area contributed by atoms with E-state index in [1.54, 1.807) is 18.2 Å². The van der Waals surface area contributed by atoms with E-state index in [2.05, 4.69) is 15.6 Å². The number of anilines is 2. The largest absolute Gasteiger partial charge is 0.479 e. The molecule has 2 aromatic carbocycles. The molecule has 0 saturated heterocycles. The van der Waals surface area contributed by atoms with Crippen molar-refractivity contribution in [1.82, 2.24) is 4.98 Å². The number of amides is 2. The van der Waals surface area contributed by atoms with Gasteiger partial charge in [0.1, 0.15) is 0 Å². The summed E-state index contributed by atoms with van der Waals surface area (Å²) in [5.41, 5.74) is 3.24. The van der Waals surface area contributed by atoms with Crippen LogP contribution in [0.1, 0.15) is 17.5 Å². The van der Waals surface area contributed by atoms with Gasteiger partial charge in [-0.05, 0) is 48.6 Å². The predicted molar refractivity (Wildman–Crippen MR) is 107 cm³/mol. The van der Waals surface area contributed by atoms with Gasteiger partial charge in [0, 0.05) is 17.5 Å². The lowest BCUT2D eigenvalue weighted by Gasteiger charge is -2.20. The highest BCUT2D eigenvalue weighted by Crippen LogP contribution is 2.35.